The normalized spacial score (nSPS) is 12.1. The van der Waals surface area contributed by atoms with Crippen LogP contribution in [0, 0.1) is 0 Å². The van der Waals surface area contributed by atoms with Gasteiger partial charge < -0.3 is 20.5 Å². The van der Waals surface area contributed by atoms with Crippen LogP contribution in [0.3, 0.4) is 0 Å². The van der Waals surface area contributed by atoms with Gasteiger partial charge in [0, 0.05) is 11.2 Å². The molecule has 0 saturated heterocycles. The van der Waals surface area contributed by atoms with Gasteiger partial charge in [-0.2, -0.15) is 0 Å². The van der Waals surface area contributed by atoms with Crippen LogP contribution in [0.1, 0.15) is 39.6 Å². The molecule has 208 valence electrons. The van der Waals surface area contributed by atoms with Gasteiger partial charge in [-0.25, -0.2) is 14.6 Å². The molecule has 3 aromatic carbocycles. The molecule has 0 unspecified atom stereocenters. The Labute approximate surface area is 236 Å². The summed E-state index contributed by atoms with van der Waals surface area (Å²) in [6, 6.07) is 17.2. The highest BCUT2D eigenvalue weighted by Crippen LogP contribution is 2.30. The Bertz CT molecular complexity index is 1650. The van der Waals surface area contributed by atoms with E-state index in [0.717, 1.165) is 0 Å². The van der Waals surface area contributed by atoms with E-state index in [1.807, 2.05) is 0 Å². The molecule has 1 heterocycles. The fourth-order valence-corrected chi connectivity index (χ4v) is 4.89. The molecular formula is C29H30ClN5O5. The Morgan fingerprint density at radius 1 is 1.05 bits per heavy atom. The summed E-state index contributed by atoms with van der Waals surface area (Å²) >= 11 is 6.41. The van der Waals surface area contributed by atoms with Crippen molar-refractivity contribution in [2.45, 2.75) is 39.3 Å². The Morgan fingerprint density at radius 3 is 2.42 bits per heavy atom. The standard InChI is InChI=1S/C29H30ClN5O5/c1-17(35(28(38)39)29(2,3)4)25-32-22-14-9-12-20(30)24(22)26(36)34(25)19-11-8-10-18(16-19)31-27(37)33-21-13-6-7-15-23(21)40-5/h6-17H,1-5H3,(H,38,39)(H2,31,33,37)/t17-/m0/s1. The van der Waals surface area contributed by atoms with Crippen LogP contribution < -0.4 is 20.9 Å². The van der Waals surface area contributed by atoms with Gasteiger partial charge >= 0.3 is 12.1 Å². The van der Waals surface area contributed by atoms with Gasteiger partial charge in [0.25, 0.3) is 5.56 Å². The zero-order chi connectivity index (χ0) is 29.2. The first-order valence-electron chi connectivity index (χ1n) is 12.5. The van der Waals surface area contributed by atoms with Gasteiger partial charge in [-0.15, -0.1) is 0 Å². The van der Waals surface area contributed by atoms with Gasteiger partial charge in [-0.3, -0.25) is 14.3 Å². The SMILES string of the molecule is COc1ccccc1NC(=O)Nc1cccc(-n2c([C@H](C)N(C(=O)O)C(C)(C)C)nc3cccc(Cl)c3c2=O)c1. The van der Waals surface area contributed by atoms with E-state index < -0.39 is 29.3 Å². The van der Waals surface area contributed by atoms with Crippen LogP contribution in [0.2, 0.25) is 5.02 Å². The van der Waals surface area contributed by atoms with Crippen molar-refractivity contribution in [2.75, 3.05) is 17.7 Å². The lowest BCUT2D eigenvalue weighted by Crippen LogP contribution is -2.47. The minimum Gasteiger partial charge on any atom is -0.495 e. The molecule has 0 aliphatic heterocycles. The number of carboxylic acid groups (broad SMARTS) is 1. The summed E-state index contributed by atoms with van der Waals surface area (Å²) in [5.74, 6) is 0.699. The Kier molecular flexibility index (Phi) is 8.01. The Hall–Kier alpha value is -4.57. The summed E-state index contributed by atoms with van der Waals surface area (Å²) in [5.41, 5.74) is 0.330. The number of rotatable bonds is 6. The predicted octanol–water partition coefficient (Wildman–Crippen LogP) is 6.53. The number of para-hydroxylation sites is 2. The first-order valence-corrected chi connectivity index (χ1v) is 12.8. The highest BCUT2D eigenvalue weighted by molar-refractivity contribution is 6.35. The summed E-state index contributed by atoms with van der Waals surface area (Å²) in [5, 5.41) is 16.0. The van der Waals surface area contributed by atoms with Crippen LogP contribution in [0.25, 0.3) is 16.6 Å². The zero-order valence-electron chi connectivity index (χ0n) is 22.7. The number of carbonyl (C=O) groups excluding carboxylic acids is 1. The summed E-state index contributed by atoms with van der Waals surface area (Å²) < 4.78 is 6.62. The number of ether oxygens (including phenoxy) is 1. The van der Waals surface area contributed by atoms with E-state index in [4.69, 9.17) is 21.3 Å². The maximum Gasteiger partial charge on any atom is 0.408 e. The van der Waals surface area contributed by atoms with Crippen LogP contribution in [0.4, 0.5) is 21.0 Å². The van der Waals surface area contributed by atoms with E-state index in [1.165, 1.54) is 16.6 Å². The molecule has 4 rings (SSSR count). The number of urea groups is 1. The van der Waals surface area contributed by atoms with E-state index in [0.29, 0.717) is 28.3 Å². The summed E-state index contributed by atoms with van der Waals surface area (Å²) in [6.45, 7) is 6.98. The molecular weight excluding hydrogens is 534 g/mol. The molecule has 0 bridgehead atoms. The second kappa shape index (κ2) is 11.3. The largest absolute Gasteiger partial charge is 0.495 e. The Morgan fingerprint density at radius 2 is 1.75 bits per heavy atom. The van der Waals surface area contributed by atoms with Crippen molar-refractivity contribution in [1.82, 2.24) is 14.5 Å². The second-order valence-corrected chi connectivity index (χ2v) is 10.5. The van der Waals surface area contributed by atoms with Crippen LogP contribution in [-0.4, -0.2) is 44.3 Å². The molecule has 0 fully saturated rings. The number of nitrogens with zero attached hydrogens (tertiary/aromatic N) is 3. The molecule has 1 atom stereocenters. The summed E-state index contributed by atoms with van der Waals surface area (Å²) in [7, 11) is 1.51. The lowest BCUT2D eigenvalue weighted by atomic mass is 10.0. The monoisotopic (exact) mass is 563 g/mol. The van der Waals surface area contributed by atoms with Crippen LogP contribution in [0.5, 0.6) is 5.75 Å². The van der Waals surface area contributed by atoms with Gasteiger partial charge in [0.05, 0.1) is 40.5 Å². The molecule has 40 heavy (non-hydrogen) atoms. The number of halogens is 1. The molecule has 3 N–H and O–H groups in total. The summed E-state index contributed by atoms with van der Waals surface area (Å²) in [4.78, 5) is 45.0. The van der Waals surface area contributed by atoms with E-state index in [-0.39, 0.29) is 16.2 Å². The second-order valence-electron chi connectivity index (χ2n) is 10.1. The number of carbonyl (C=O) groups is 2. The molecule has 0 aliphatic rings. The molecule has 0 spiro atoms. The van der Waals surface area contributed by atoms with Crippen LogP contribution in [-0.2, 0) is 0 Å². The first kappa shape index (κ1) is 28.4. The molecule has 4 aromatic rings. The fraction of sp³-hybridized carbons (Fsp3) is 0.241. The average molecular weight is 564 g/mol. The minimum absolute atomic E-state index is 0.199. The fourth-order valence-electron chi connectivity index (χ4n) is 4.64. The molecule has 10 nitrogen and oxygen atoms in total. The van der Waals surface area contributed by atoms with E-state index in [9.17, 15) is 19.5 Å². The lowest BCUT2D eigenvalue weighted by molar-refractivity contribution is 0.0719. The minimum atomic E-state index is -1.16. The number of nitrogens with one attached hydrogen (secondary N) is 2. The van der Waals surface area contributed by atoms with E-state index in [1.54, 1.807) is 94.4 Å². The molecule has 0 saturated carbocycles. The summed E-state index contributed by atoms with van der Waals surface area (Å²) in [6.07, 6.45) is -1.16. The topological polar surface area (TPSA) is 126 Å². The molecule has 0 radical (unpaired) electrons. The maximum atomic E-state index is 13.9. The highest BCUT2D eigenvalue weighted by Gasteiger charge is 2.34. The van der Waals surface area contributed by atoms with Crippen molar-refractivity contribution in [2.24, 2.45) is 0 Å². The van der Waals surface area contributed by atoms with Gasteiger partial charge in [-0.05, 0) is 70.2 Å². The third kappa shape index (κ3) is 5.72. The van der Waals surface area contributed by atoms with Crippen LogP contribution >= 0.6 is 11.6 Å². The molecule has 11 heteroatoms. The molecule has 1 aromatic heterocycles. The number of hydrogen-bond acceptors (Lipinski definition) is 5. The number of fused-ring (bicyclic) bond motifs is 1. The number of anilines is 2. The van der Waals surface area contributed by atoms with Crippen LogP contribution in [0.15, 0.2) is 71.5 Å². The predicted molar refractivity (Wildman–Crippen MR) is 156 cm³/mol. The third-order valence-corrected chi connectivity index (χ3v) is 6.59. The van der Waals surface area contributed by atoms with Gasteiger partial charge in [0.15, 0.2) is 0 Å². The van der Waals surface area contributed by atoms with Crippen molar-refractivity contribution >= 4 is 46.0 Å². The van der Waals surface area contributed by atoms with Crippen molar-refractivity contribution in [3.05, 3.63) is 87.9 Å². The number of aromatic nitrogens is 2. The quantitative estimate of drug-likeness (QED) is 0.245. The smallest absolute Gasteiger partial charge is 0.408 e. The van der Waals surface area contributed by atoms with E-state index >= 15 is 0 Å². The van der Waals surface area contributed by atoms with Crippen molar-refractivity contribution in [3.63, 3.8) is 0 Å². The van der Waals surface area contributed by atoms with Crippen molar-refractivity contribution in [1.29, 1.82) is 0 Å². The third-order valence-electron chi connectivity index (χ3n) is 6.28. The number of hydrogen-bond donors (Lipinski definition) is 3. The van der Waals surface area contributed by atoms with Crippen molar-refractivity contribution in [3.8, 4) is 11.4 Å². The molecule has 3 amide bonds. The average Bonchev–Trinajstić information content (AvgIpc) is 2.87. The number of amides is 3. The van der Waals surface area contributed by atoms with E-state index in [2.05, 4.69) is 10.6 Å². The lowest BCUT2D eigenvalue weighted by Gasteiger charge is -2.38. The van der Waals surface area contributed by atoms with Crippen molar-refractivity contribution < 1.29 is 19.4 Å². The Balaban J connectivity index is 1.82. The van der Waals surface area contributed by atoms with Gasteiger partial charge in [-0.1, -0.05) is 35.9 Å². The number of benzene rings is 3. The van der Waals surface area contributed by atoms with Gasteiger partial charge in [0.1, 0.15) is 11.6 Å². The van der Waals surface area contributed by atoms with Gasteiger partial charge in [0.2, 0.25) is 0 Å². The first-order chi connectivity index (χ1) is 18.9. The maximum absolute atomic E-state index is 13.9. The highest BCUT2D eigenvalue weighted by atomic mass is 35.5. The zero-order valence-corrected chi connectivity index (χ0v) is 23.5. The number of methoxy groups -OCH3 is 1. The molecule has 0 aliphatic carbocycles.